The lowest BCUT2D eigenvalue weighted by Gasteiger charge is -2.36. The maximum absolute atomic E-state index is 13.2. The monoisotopic (exact) mass is 489 g/mol. The van der Waals surface area contributed by atoms with Crippen molar-refractivity contribution in [2.75, 3.05) is 18.1 Å². The molecule has 0 spiro atoms. The van der Waals surface area contributed by atoms with Crippen molar-refractivity contribution in [1.82, 2.24) is 0 Å². The van der Waals surface area contributed by atoms with E-state index in [1.165, 1.54) is 11.3 Å². The fourth-order valence-corrected chi connectivity index (χ4v) is 4.60. The van der Waals surface area contributed by atoms with Crippen molar-refractivity contribution in [3.8, 4) is 0 Å². The molecule has 1 aliphatic carbocycles. The number of aromatic nitrogens is 2. The van der Waals surface area contributed by atoms with Crippen LogP contribution in [0.1, 0.15) is 20.8 Å². The van der Waals surface area contributed by atoms with Gasteiger partial charge in [0.2, 0.25) is 0 Å². The van der Waals surface area contributed by atoms with Crippen LogP contribution >= 0.6 is 11.3 Å². The average molecular weight is 490 g/mol. The van der Waals surface area contributed by atoms with Gasteiger partial charge in [0, 0.05) is 23.2 Å². The summed E-state index contributed by atoms with van der Waals surface area (Å²) in [5.74, 6) is -0.369. The van der Waals surface area contributed by atoms with Crippen LogP contribution in [0.5, 0.6) is 0 Å². The van der Waals surface area contributed by atoms with Crippen molar-refractivity contribution < 1.29 is 19.1 Å². The quantitative estimate of drug-likeness (QED) is 0.189. The molecule has 0 saturated heterocycles. The molecule has 180 valence electrons. The molecular weight excluding hydrogens is 458 g/mol. The second-order valence-corrected chi connectivity index (χ2v) is 9.32. The Labute approximate surface area is 210 Å². The number of aromatic amines is 1. The van der Waals surface area contributed by atoms with Gasteiger partial charge in [0.15, 0.2) is 24.5 Å². The zero-order valence-corrected chi connectivity index (χ0v) is 21.1. The van der Waals surface area contributed by atoms with Crippen LogP contribution in [0.3, 0.4) is 0 Å². The summed E-state index contributed by atoms with van der Waals surface area (Å²) in [7, 11) is 0. The van der Waals surface area contributed by atoms with Gasteiger partial charge in [-0.2, -0.15) is 0 Å². The van der Waals surface area contributed by atoms with Crippen molar-refractivity contribution in [3.63, 3.8) is 0 Å². The summed E-state index contributed by atoms with van der Waals surface area (Å²) >= 11 is 1.46. The summed E-state index contributed by atoms with van der Waals surface area (Å²) < 4.78 is 7.62. The van der Waals surface area contributed by atoms with Gasteiger partial charge >= 0.3 is 11.1 Å². The Balaban J connectivity index is 1.71. The number of benzene rings is 1. The molecule has 7 nitrogen and oxygen atoms in total. The van der Waals surface area contributed by atoms with E-state index in [-0.39, 0.29) is 12.0 Å². The molecule has 0 amide bonds. The number of pyridine rings is 1. The van der Waals surface area contributed by atoms with Crippen molar-refractivity contribution in [1.29, 1.82) is 0 Å². The topological polar surface area (TPSA) is 72.3 Å². The lowest BCUT2D eigenvalue weighted by molar-refractivity contribution is -0.694. The van der Waals surface area contributed by atoms with Crippen LogP contribution in [0.25, 0.3) is 0 Å². The van der Waals surface area contributed by atoms with E-state index in [0.717, 1.165) is 24.4 Å². The Kier molecular flexibility index (Phi) is 7.82. The highest BCUT2D eigenvalue weighted by molar-refractivity contribution is 7.12. The highest BCUT2D eigenvalue weighted by atomic mass is 32.1. The number of hydrogen-bond acceptors (Lipinski definition) is 6. The van der Waals surface area contributed by atoms with Crippen molar-refractivity contribution in [2.24, 2.45) is 10.2 Å². The molecule has 0 saturated carbocycles. The molecule has 0 aliphatic heterocycles. The molecule has 0 bridgehead atoms. The molecule has 3 aromatic rings. The van der Waals surface area contributed by atoms with E-state index in [4.69, 9.17) is 4.74 Å². The highest BCUT2D eigenvalue weighted by Crippen LogP contribution is 2.38. The van der Waals surface area contributed by atoms with Crippen LogP contribution in [-0.2, 0) is 16.1 Å². The van der Waals surface area contributed by atoms with Gasteiger partial charge in [0.25, 0.3) is 0 Å². The predicted molar refractivity (Wildman–Crippen MR) is 136 cm³/mol. The molecule has 4 rings (SSSR count). The van der Waals surface area contributed by atoms with E-state index in [9.17, 15) is 4.79 Å². The first-order valence-corrected chi connectivity index (χ1v) is 12.6. The minimum atomic E-state index is -0.920. The van der Waals surface area contributed by atoms with Crippen molar-refractivity contribution in [3.05, 3.63) is 95.8 Å². The predicted octanol–water partition coefficient (Wildman–Crippen LogP) is 4.72. The fraction of sp³-hybridized carbons (Fsp3) is 0.296. The fourth-order valence-electron chi connectivity index (χ4n) is 4.11. The van der Waals surface area contributed by atoms with E-state index in [1.54, 1.807) is 0 Å². The Hall–Kier alpha value is -3.65. The van der Waals surface area contributed by atoms with Crippen LogP contribution in [0, 0.1) is 0 Å². The molecule has 1 aromatic carbocycles. The van der Waals surface area contributed by atoms with E-state index < -0.39 is 5.54 Å². The van der Waals surface area contributed by atoms with Crippen molar-refractivity contribution >= 4 is 28.1 Å². The standard InChI is InChI=1S/C27H30N5O2S/c1-4-34-25(33)24-20-23(19-21(2)27(24,3)30-29-26-28-13-18-35-26)32(22-11-7-5-8-12-22)17-16-31-14-9-6-10-15-31/h5-15,18-20,23H,4,16-17H2,1-3H3/q+1/p+1. The normalized spacial score (nSPS) is 19.8. The minimum absolute atomic E-state index is 0.141. The van der Waals surface area contributed by atoms with Gasteiger partial charge in [-0.15, -0.1) is 0 Å². The number of rotatable bonds is 9. The van der Waals surface area contributed by atoms with Gasteiger partial charge in [0.1, 0.15) is 0 Å². The van der Waals surface area contributed by atoms with E-state index in [0.29, 0.717) is 17.3 Å². The number of nitrogens with one attached hydrogen (secondary N) is 1. The Morgan fingerprint density at radius 3 is 2.60 bits per heavy atom. The summed E-state index contributed by atoms with van der Waals surface area (Å²) in [5, 5.41) is 11.6. The van der Waals surface area contributed by atoms with Crippen LogP contribution < -0.4 is 14.5 Å². The molecular formula is C27H31N5O2S+2. The van der Waals surface area contributed by atoms with E-state index >= 15 is 0 Å². The average Bonchev–Trinajstić information content (AvgIpc) is 3.40. The zero-order valence-electron chi connectivity index (χ0n) is 20.3. The number of hydrogen-bond donors (Lipinski definition) is 0. The third-order valence-electron chi connectivity index (χ3n) is 6.17. The summed E-state index contributed by atoms with van der Waals surface area (Å²) in [6, 6.07) is 16.2. The summed E-state index contributed by atoms with van der Waals surface area (Å²) in [6.07, 6.45) is 10.1. The third-order valence-corrected chi connectivity index (χ3v) is 6.86. The second kappa shape index (κ2) is 11.2. The highest BCUT2D eigenvalue weighted by Gasteiger charge is 2.42. The summed E-state index contributed by atoms with van der Waals surface area (Å²) in [4.78, 5) is 18.5. The molecule has 2 aromatic heterocycles. The number of nitrogens with zero attached hydrogens (tertiary/aromatic N) is 4. The summed E-state index contributed by atoms with van der Waals surface area (Å²) in [5.41, 5.74) is 1.60. The molecule has 2 unspecified atom stereocenters. The second-order valence-electron chi connectivity index (χ2n) is 8.43. The zero-order chi connectivity index (χ0) is 24.7. The first-order chi connectivity index (χ1) is 17.0. The number of H-pyrrole nitrogens is 1. The molecule has 0 radical (unpaired) electrons. The molecule has 2 atom stereocenters. The number of thiazole rings is 1. The lowest BCUT2D eigenvalue weighted by atomic mass is 9.79. The summed E-state index contributed by atoms with van der Waals surface area (Å²) in [6.45, 7) is 7.58. The number of ether oxygens (including phenoxy) is 1. The molecule has 1 N–H and O–H groups in total. The van der Waals surface area contributed by atoms with Crippen LogP contribution in [0.4, 0.5) is 10.8 Å². The SMILES string of the molecule is CCOC(=O)C1=CC(N(CC[n+]2ccccc2)c2ccccc2)C=C(C)C1(C)N=Nc1[nH+]ccs1. The molecule has 0 fully saturated rings. The van der Waals surface area contributed by atoms with E-state index in [2.05, 4.69) is 55.3 Å². The molecule has 35 heavy (non-hydrogen) atoms. The molecule has 2 heterocycles. The Bertz CT molecular complexity index is 1210. The molecule has 1 aliphatic rings. The van der Waals surface area contributed by atoms with Gasteiger partial charge in [-0.1, -0.05) is 35.5 Å². The number of azo groups is 1. The van der Waals surface area contributed by atoms with Crippen LogP contribution in [0.2, 0.25) is 0 Å². The lowest BCUT2D eigenvalue weighted by Crippen LogP contribution is -2.46. The smallest absolute Gasteiger partial charge is 0.405 e. The number of carbonyl (C=O) groups excluding carboxylic acids is 1. The Morgan fingerprint density at radius 2 is 1.91 bits per heavy atom. The van der Waals surface area contributed by atoms with Gasteiger partial charge in [-0.25, -0.2) is 14.3 Å². The maximum Gasteiger partial charge on any atom is 0.405 e. The van der Waals surface area contributed by atoms with Gasteiger partial charge in [0.05, 0.1) is 36.1 Å². The Morgan fingerprint density at radius 1 is 1.17 bits per heavy atom. The van der Waals surface area contributed by atoms with Gasteiger partial charge in [-0.05, 0) is 55.9 Å². The first kappa shape index (κ1) is 24.5. The number of carbonyl (C=O) groups is 1. The number of anilines is 1. The number of para-hydroxylation sites is 1. The third kappa shape index (κ3) is 5.71. The maximum atomic E-state index is 13.2. The number of esters is 1. The van der Waals surface area contributed by atoms with Crippen LogP contribution in [0.15, 0.2) is 106 Å². The minimum Gasteiger partial charge on any atom is -0.463 e. The van der Waals surface area contributed by atoms with E-state index in [1.807, 2.05) is 74.8 Å². The molecule has 8 heteroatoms. The first-order valence-electron chi connectivity index (χ1n) is 11.7. The largest absolute Gasteiger partial charge is 0.463 e. The van der Waals surface area contributed by atoms with Crippen molar-refractivity contribution in [2.45, 2.75) is 38.9 Å². The van der Waals surface area contributed by atoms with Crippen LogP contribution in [-0.4, -0.2) is 30.7 Å². The van der Waals surface area contributed by atoms with Gasteiger partial charge < -0.3 is 9.64 Å². The van der Waals surface area contributed by atoms with Gasteiger partial charge in [-0.3, -0.25) is 0 Å².